The maximum atomic E-state index is 15.1. The minimum absolute atomic E-state index is 0.278. The highest BCUT2D eigenvalue weighted by molar-refractivity contribution is 6.64. The van der Waals surface area contributed by atoms with Gasteiger partial charge in [-0.25, -0.2) is 48.3 Å². The van der Waals surface area contributed by atoms with Crippen LogP contribution in [0.5, 0.6) is 5.75 Å². The highest BCUT2D eigenvalue weighted by Gasteiger charge is 2.39. The van der Waals surface area contributed by atoms with E-state index in [9.17, 15) is 53.3 Å². The van der Waals surface area contributed by atoms with Gasteiger partial charge < -0.3 is 9.68 Å². The lowest BCUT2D eigenvalue weighted by molar-refractivity contribution is 0.384. The van der Waals surface area contributed by atoms with Crippen LogP contribution in [0.4, 0.5) is 52.7 Å². The molecule has 0 spiro atoms. The van der Waals surface area contributed by atoms with Gasteiger partial charge in [-0.15, -0.1) is 0 Å². The van der Waals surface area contributed by atoms with Crippen LogP contribution in [0.3, 0.4) is 0 Å². The molecule has 5 rings (SSSR count). The van der Waals surface area contributed by atoms with Gasteiger partial charge in [0, 0.05) is 21.6 Å². The fraction of sp³-hybridized carbons (Fsp3) is 0. The van der Waals surface area contributed by atoms with E-state index in [2.05, 4.69) is 4.65 Å². The molecule has 0 heterocycles. The minimum atomic E-state index is -3.09. The van der Waals surface area contributed by atoms with E-state index in [0.717, 1.165) is 0 Å². The molecule has 37 heavy (non-hydrogen) atoms. The van der Waals surface area contributed by atoms with Gasteiger partial charge >= 0.3 is 7.12 Å². The minimum Gasteiger partial charge on any atom is -0.530 e. The molecule has 0 aliphatic rings. The van der Waals surface area contributed by atoms with Crippen LogP contribution in [0.1, 0.15) is 0 Å². The lowest BCUT2D eigenvalue weighted by Crippen LogP contribution is -2.41. The smallest absolute Gasteiger partial charge is 0.530 e. The summed E-state index contributed by atoms with van der Waals surface area (Å²) in [5.41, 5.74) is -1.77. The first-order valence-corrected chi connectivity index (χ1v) is 9.67. The van der Waals surface area contributed by atoms with Crippen molar-refractivity contribution in [3.63, 3.8) is 0 Å². The zero-order valence-corrected chi connectivity index (χ0v) is 17.1. The second-order valence-corrected chi connectivity index (χ2v) is 7.63. The lowest BCUT2D eigenvalue weighted by Gasteiger charge is -2.20. The molecule has 0 radical (unpaired) electrons. The normalized spacial score (nSPS) is 11.9. The van der Waals surface area contributed by atoms with E-state index in [-0.39, 0.29) is 6.07 Å². The summed E-state index contributed by atoms with van der Waals surface area (Å²) in [6.07, 6.45) is 0. The van der Waals surface area contributed by atoms with Crippen LogP contribution in [-0.2, 0) is 0 Å². The average molecular weight is 538 g/mol. The maximum Gasteiger partial charge on any atom is 0.564 e. The van der Waals surface area contributed by atoms with E-state index in [1.165, 1.54) is 0 Å². The van der Waals surface area contributed by atoms with Gasteiger partial charge in [-0.05, 0) is 12.1 Å². The maximum absolute atomic E-state index is 15.1. The number of rotatable bonds is 3. The third-order valence-electron chi connectivity index (χ3n) is 5.74. The van der Waals surface area contributed by atoms with Gasteiger partial charge in [0.25, 0.3) is 0 Å². The van der Waals surface area contributed by atoms with Gasteiger partial charge in [0.05, 0.1) is 16.2 Å². The third kappa shape index (κ3) is 3.09. The van der Waals surface area contributed by atoms with Crippen LogP contribution < -0.4 is 10.1 Å². The summed E-state index contributed by atoms with van der Waals surface area (Å²) >= 11 is 0. The molecule has 0 bridgehead atoms. The Morgan fingerprint density at radius 3 is 1.35 bits per heavy atom. The zero-order chi connectivity index (χ0) is 27.2. The fourth-order valence-electron chi connectivity index (χ4n) is 4.16. The second-order valence-electron chi connectivity index (χ2n) is 7.63. The standard InChI is InChI=1S/C22H3BF12O2/c24-3-1-2-4(13(26)12(3)25)37-23(36)11-7-5-6-9(15(28)14(7)27)19(32)22(35)20(33)10(6)17(30)16(29)8(5)18(31)21(11)34/h1-2,36H. The molecule has 2 nitrogen and oxygen atoms in total. The topological polar surface area (TPSA) is 29.5 Å². The van der Waals surface area contributed by atoms with Crippen molar-refractivity contribution in [3.8, 4) is 5.75 Å². The molecule has 0 saturated carbocycles. The first kappa shape index (κ1) is 24.8. The molecule has 0 aliphatic heterocycles. The number of benzene rings is 5. The fourth-order valence-corrected chi connectivity index (χ4v) is 4.16. The molecule has 0 aliphatic carbocycles. The molecule has 0 fully saturated rings. The monoisotopic (exact) mass is 538 g/mol. The number of hydrogen-bond acceptors (Lipinski definition) is 2. The Balaban J connectivity index is 1.97. The van der Waals surface area contributed by atoms with Gasteiger partial charge in [0.1, 0.15) is 5.75 Å². The Hall–Kier alpha value is -3.88. The van der Waals surface area contributed by atoms with Crippen molar-refractivity contribution >= 4 is 44.9 Å². The third-order valence-corrected chi connectivity index (χ3v) is 5.74. The zero-order valence-electron chi connectivity index (χ0n) is 17.1. The molecule has 5 aromatic rings. The van der Waals surface area contributed by atoms with Crippen molar-refractivity contribution in [2.24, 2.45) is 0 Å². The second kappa shape index (κ2) is 8.06. The molecular formula is C22H3BF12O2. The first-order valence-electron chi connectivity index (χ1n) is 9.67. The summed E-state index contributed by atoms with van der Waals surface area (Å²) in [5, 5.41) is 0.326. The molecule has 0 aromatic heterocycles. The van der Waals surface area contributed by atoms with Crippen molar-refractivity contribution in [2.75, 3.05) is 0 Å². The Labute approximate surface area is 195 Å². The summed E-state index contributed by atoms with van der Waals surface area (Å²) in [6, 6.07) is 0.640. The van der Waals surface area contributed by atoms with E-state index in [0.29, 0.717) is 6.07 Å². The van der Waals surface area contributed by atoms with Crippen molar-refractivity contribution in [1.29, 1.82) is 0 Å². The molecule has 1 N–H and O–H groups in total. The molecule has 0 amide bonds. The van der Waals surface area contributed by atoms with Crippen LogP contribution >= 0.6 is 0 Å². The van der Waals surface area contributed by atoms with Gasteiger partial charge in [-0.3, -0.25) is 0 Å². The summed E-state index contributed by atoms with van der Waals surface area (Å²) in [5.74, 6) is -29.2. The van der Waals surface area contributed by atoms with Gasteiger partial charge in [-0.1, -0.05) is 0 Å². The highest BCUT2D eigenvalue weighted by atomic mass is 19.2. The predicted molar refractivity (Wildman–Crippen MR) is 104 cm³/mol. The number of halogens is 12. The molecule has 0 unspecified atom stereocenters. The Morgan fingerprint density at radius 1 is 0.432 bits per heavy atom. The van der Waals surface area contributed by atoms with Crippen molar-refractivity contribution in [2.45, 2.75) is 0 Å². The molecule has 190 valence electrons. The largest absolute Gasteiger partial charge is 0.564 e. The van der Waals surface area contributed by atoms with Gasteiger partial charge in [0.15, 0.2) is 64.0 Å². The Kier molecular flexibility index (Phi) is 5.41. The van der Waals surface area contributed by atoms with E-state index < -0.39 is 120 Å². The van der Waals surface area contributed by atoms with Crippen molar-refractivity contribution in [3.05, 3.63) is 81.9 Å². The van der Waals surface area contributed by atoms with E-state index in [1.807, 2.05) is 0 Å². The van der Waals surface area contributed by atoms with Crippen LogP contribution in [0.2, 0.25) is 0 Å². The van der Waals surface area contributed by atoms with Crippen LogP contribution in [0, 0.1) is 69.8 Å². The van der Waals surface area contributed by atoms with Gasteiger partial charge in [-0.2, -0.15) is 4.39 Å². The van der Waals surface area contributed by atoms with Gasteiger partial charge in [0.2, 0.25) is 5.82 Å². The SMILES string of the molecule is OB(Oc1ccc(F)c(F)c1F)c1c(F)c(F)c2c(F)c(F)c3c(F)c(F)c(F)c4c(F)c(F)c1c2c34. The first-order chi connectivity index (χ1) is 17.3. The van der Waals surface area contributed by atoms with Crippen LogP contribution in [-0.4, -0.2) is 12.1 Å². The highest BCUT2D eigenvalue weighted by Crippen LogP contribution is 2.44. The molecule has 5 aromatic carbocycles. The van der Waals surface area contributed by atoms with Crippen LogP contribution in [0.25, 0.3) is 32.3 Å². The lowest BCUT2D eigenvalue weighted by atomic mass is 9.73. The molecular weight excluding hydrogens is 535 g/mol. The molecule has 15 heteroatoms. The van der Waals surface area contributed by atoms with Crippen LogP contribution in [0.15, 0.2) is 12.1 Å². The summed E-state index contributed by atoms with van der Waals surface area (Å²) in [7, 11) is -3.09. The summed E-state index contributed by atoms with van der Waals surface area (Å²) < 4.78 is 177. The average Bonchev–Trinajstić information content (AvgIpc) is 2.85. The predicted octanol–water partition coefficient (Wildman–Crippen LogP) is 6.02. The summed E-state index contributed by atoms with van der Waals surface area (Å²) in [4.78, 5) is 0. The number of hydrogen-bond donors (Lipinski definition) is 1. The van der Waals surface area contributed by atoms with E-state index >= 15 is 4.39 Å². The summed E-state index contributed by atoms with van der Waals surface area (Å²) in [6.45, 7) is 0. The Bertz CT molecular complexity index is 1780. The molecule has 0 saturated heterocycles. The van der Waals surface area contributed by atoms with E-state index in [4.69, 9.17) is 0 Å². The van der Waals surface area contributed by atoms with Crippen molar-refractivity contribution in [1.82, 2.24) is 0 Å². The quantitative estimate of drug-likeness (QED) is 0.132. The Morgan fingerprint density at radius 2 is 0.838 bits per heavy atom. The van der Waals surface area contributed by atoms with Crippen molar-refractivity contribution < 1.29 is 62.4 Å². The van der Waals surface area contributed by atoms with E-state index in [1.54, 1.807) is 0 Å². The molecule has 0 atom stereocenters.